The first-order valence-electron chi connectivity index (χ1n) is 8.33. The predicted octanol–water partition coefficient (Wildman–Crippen LogP) is 5.95. The maximum atomic E-state index is 11.0. The number of benzene rings is 2. The van der Waals surface area contributed by atoms with E-state index in [1.54, 1.807) is 24.5 Å². The zero-order valence-electron chi connectivity index (χ0n) is 14.1. The minimum atomic E-state index is -0.376. The Labute approximate surface area is 170 Å². The number of halogens is 2. The molecule has 0 saturated carbocycles. The van der Waals surface area contributed by atoms with E-state index >= 15 is 0 Å². The number of fused-ring (bicyclic) bond motifs is 1. The van der Waals surface area contributed by atoms with Crippen LogP contribution >= 0.6 is 27.5 Å². The first-order chi connectivity index (χ1) is 13.1. The molecule has 2 heterocycles. The molecule has 2 N–H and O–H groups in total. The van der Waals surface area contributed by atoms with Gasteiger partial charge in [-0.3, -0.25) is 4.98 Å². The van der Waals surface area contributed by atoms with Crippen LogP contribution in [0.15, 0.2) is 77.5 Å². The van der Waals surface area contributed by atoms with Crippen molar-refractivity contribution in [1.82, 2.24) is 9.97 Å². The van der Waals surface area contributed by atoms with Crippen molar-refractivity contribution in [1.29, 1.82) is 0 Å². The molecule has 2 aromatic carbocycles. The molecule has 1 unspecified atom stereocenters. The highest BCUT2D eigenvalue weighted by molar-refractivity contribution is 9.10. The normalized spacial score (nSPS) is 12.1. The highest BCUT2D eigenvalue weighted by atomic mass is 79.9. The van der Waals surface area contributed by atoms with Gasteiger partial charge in [0, 0.05) is 27.8 Å². The Morgan fingerprint density at radius 1 is 0.926 bits per heavy atom. The highest BCUT2D eigenvalue weighted by Gasteiger charge is 2.23. The number of phenolic OH excluding ortho intramolecular Hbond substituents is 1. The second kappa shape index (κ2) is 7.55. The van der Waals surface area contributed by atoms with E-state index in [1.165, 1.54) is 0 Å². The molecule has 4 nitrogen and oxygen atoms in total. The van der Waals surface area contributed by atoms with E-state index < -0.39 is 0 Å². The average molecular weight is 441 g/mol. The summed E-state index contributed by atoms with van der Waals surface area (Å²) in [5.41, 5.74) is 2.05. The first kappa shape index (κ1) is 17.8. The largest absolute Gasteiger partial charge is 0.505 e. The molecule has 1 atom stereocenters. The molecule has 0 fully saturated rings. The quantitative estimate of drug-likeness (QED) is 0.411. The summed E-state index contributed by atoms with van der Waals surface area (Å²) in [5.74, 6) is 0.786. The van der Waals surface area contributed by atoms with Crippen molar-refractivity contribution < 1.29 is 5.11 Å². The summed E-state index contributed by atoms with van der Waals surface area (Å²) in [7, 11) is 0. The maximum Gasteiger partial charge on any atom is 0.147 e. The Balaban J connectivity index is 1.92. The molecule has 0 saturated heterocycles. The van der Waals surface area contributed by atoms with E-state index in [-0.39, 0.29) is 11.8 Å². The molecule has 0 spiro atoms. The fraction of sp³-hybridized carbons (Fsp3) is 0.0476. The van der Waals surface area contributed by atoms with Gasteiger partial charge in [-0.25, -0.2) is 4.98 Å². The number of phenols is 1. The van der Waals surface area contributed by atoms with E-state index in [1.807, 2.05) is 48.5 Å². The standard InChI is InChI=1S/C21H15BrClN3O/c22-16-8-2-1-6-13(16)19(26-18-9-3-4-10-24-18)15-12-17(23)14-7-5-11-25-20(14)21(15)27/h1-12,19,27H,(H,24,26). The van der Waals surface area contributed by atoms with Crippen LogP contribution in [0.3, 0.4) is 0 Å². The number of nitrogens with zero attached hydrogens (tertiary/aromatic N) is 2. The molecule has 0 aliphatic rings. The van der Waals surface area contributed by atoms with Crippen molar-refractivity contribution in [2.45, 2.75) is 6.04 Å². The van der Waals surface area contributed by atoms with Crippen molar-refractivity contribution in [3.8, 4) is 5.75 Å². The summed E-state index contributed by atoms with van der Waals surface area (Å²) in [5, 5.41) is 15.6. The number of nitrogens with one attached hydrogen (secondary N) is 1. The molecule has 27 heavy (non-hydrogen) atoms. The lowest BCUT2D eigenvalue weighted by Crippen LogP contribution is -2.14. The van der Waals surface area contributed by atoms with E-state index in [4.69, 9.17) is 11.6 Å². The first-order valence-corrected chi connectivity index (χ1v) is 9.50. The lowest BCUT2D eigenvalue weighted by molar-refractivity contribution is 0.471. The Bertz CT molecular complexity index is 1110. The predicted molar refractivity (Wildman–Crippen MR) is 112 cm³/mol. The highest BCUT2D eigenvalue weighted by Crippen LogP contribution is 2.41. The van der Waals surface area contributed by atoms with Gasteiger partial charge < -0.3 is 10.4 Å². The molecule has 4 rings (SSSR count). The fourth-order valence-electron chi connectivity index (χ4n) is 3.05. The summed E-state index contributed by atoms with van der Waals surface area (Å²) in [6.45, 7) is 0. The summed E-state index contributed by atoms with van der Waals surface area (Å²) in [4.78, 5) is 8.68. The Morgan fingerprint density at radius 2 is 1.70 bits per heavy atom. The van der Waals surface area contributed by atoms with Crippen molar-refractivity contribution in [2.75, 3.05) is 5.32 Å². The van der Waals surface area contributed by atoms with Gasteiger partial charge >= 0.3 is 0 Å². The van der Waals surface area contributed by atoms with Crippen molar-refractivity contribution in [2.24, 2.45) is 0 Å². The maximum absolute atomic E-state index is 11.0. The van der Waals surface area contributed by atoms with Crippen LogP contribution in [0.25, 0.3) is 10.9 Å². The zero-order chi connectivity index (χ0) is 18.8. The fourth-order valence-corrected chi connectivity index (χ4v) is 3.84. The molecule has 134 valence electrons. The van der Waals surface area contributed by atoms with Crippen LogP contribution in [0, 0.1) is 0 Å². The van der Waals surface area contributed by atoms with Gasteiger partial charge in [0.25, 0.3) is 0 Å². The Hall–Kier alpha value is -2.63. The number of hydrogen-bond acceptors (Lipinski definition) is 4. The van der Waals surface area contributed by atoms with E-state index in [2.05, 4.69) is 31.2 Å². The second-order valence-corrected chi connectivity index (χ2v) is 7.27. The lowest BCUT2D eigenvalue weighted by Gasteiger charge is -2.23. The molecule has 0 aliphatic heterocycles. The van der Waals surface area contributed by atoms with Crippen LogP contribution in [0.1, 0.15) is 17.2 Å². The van der Waals surface area contributed by atoms with Gasteiger partial charge in [-0.05, 0) is 42.0 Å². The zero-order valence-corrected chi connectivity index (χ0v) is 16.4. The number of rotatable bonds is 4. The molecule has 2 aromatic heterocycles. The van der Waals surface area contributed by atoms with Crippen molar-refractivity contribution in [3.63, 3.8) is 0 Å². The third kappa shape index (κ3) is 3.48. The molecule has 0 amide bonds. The summed E-state index contributed by atoms with van der Waals surface area (Å²) < 4.78 is 0.912. The van der Waals surface area contributed by atoms with Crippen molar-refractivity contribution >= 4 is 44.3 Å². The third-order valence-corrected chi connectivity index (χ3v) is 5.36. The lowest BCUT2D eigenvalue weighted by atomic mass is 9.96. The topological polar surface area (TPSA) is 58.0 Å². The Kier molecular flexibility index (Phi) is 4.97. The summed E-state index contributed by atoms with van der Waals surface area (Å²) in [6, 6.07) is 18.5. The van der Waals surface area contributed by atoms with Crippen LogP contribution in [-0.2, 0) is 0 Å². The van der Waals surface area contributed by atoms with Gasteiger partial charge in [0.1, 0.15) is 17.1 Å². The minimum absolute atomic E-state index is 0.0965. The van der Waals surface area contributed by atoms with Gasteiger partial charge in [-0.2, -0.15) is 0 Å². The SMILES string of the molecule is Oc1c(C(Nc2ccccn2)c2ccccc2Br)cc(Cl)c2cccnc12. The van der Waals surface area contributed by atoms with E-state index in [0.717, 1.165) is 10.0 Å². The number of pyridine rings is 2. The van der Waals surface area contributed by atoms with E-state index in [0.29, 0.717) is 27.3 Å². The molecule has 0 radical (unpaired) electrons. The van der Waals surface area contributed by atoms with Gasteiger partial charge in [0.15, 0.2) is 0 Å². The monoisotopic (exact) mass is 439 g/mol. The van der Waals surface area contributed by atoms with Gasteiger partial charge in [-0.1, -0.05) is 51.8 Å². The van der Waals surface area contributed by atoms with Gasteiger partial charge in [0.2, 0.25) is 0 Å². The molecule has 0 aliphatic carbocycles. The summed E-state index contributed by atoms with van der Waals surface area (Å²) in [6.07, 6.45) is 3.36. The number of aromatic nitrogens is 2. The molecule has 4 aromatic rings. The second-order valence-electron chi connectivity index (χ2n) is 6.01. The van der Waals surface area contributed by atoms with Crippen molar-refractivity contribution in [3.05, 3.63) is 93.7 Å². The van der Waals surface area contributed by atoms with Gasteiger partial charge in [0.05, 0.1) is 11.1 Å². The minimum Gasteiger partial charge on any atom is -0.505 e. The number of hydrogen-bond donors (Lipinski definition) is 2. The van der Waals surface area contributed by atoms with E-state index in [9.17, 15) is 5.11 Å². The number of aromatic hydroxyl groups is 1. The summed E-state index contributed by atoms with van der Waals surface area (Å²) >= 11 is 10.1. The van der Waals surface area contributed by atoms with Crippen LogP contribution in [0.2, 0.25) is 5.02 Å². The third-order valence-electron chi connectivity index (χ3n) is 4.33. The van der Waals surface area contributed by atoms with Crippen LogP contribution in [0.5, 0.6) is 5.75 Å². The molecule has 0 bridgehead atoms. The molecule has 6 heteroatoms. The van der Waals surface area contributed by atoms with Crippen LogP contribution in [0.4, 0.5) is 5.82 Å². The smallest absolute Gasteiger partial charge is 0.147 e. The Morgan fingerprint density at radius 3 is 2.48 bits per heavy atom. The average Bonchev–Trinajstić information content (AvgIpc) is 2.71. The molecular formula is C21H15BrClN3O. The van der Waals surface area contributed by atoms with Gasteiger partial charge in [-0.15, -0.1) is 0 Å². The van der Waals surface area contributed by atoms with Crippen LogP contribution in [-0.4, -0.2) is 15.1 Å². The van der Waals surface area contributed by atoms with Crippen LogP contribution < -0.4 is 5.32 Å². The molecular weight excluding hydrogens is 426 g/mol. The number of anilines is 1.